The van der Waals surface area contributed by atoms with Crippen molar-refractivity contribution in [2.45, 2.75) is 31.7 Å². The quantitative estimate of drug-likeness (QED) is 0.849. The number of rotatable bonds is 2. The van der Waals surface area contributed by atoms with Crippen molar-refractivity contribution in [2.24, 2.45) is 0 Å². The number of aryl methyl sites for hydroxylation is 1. The summed E-state index contributed by atoms with van der Waals surface area (Å²) in [5, 5.41) is 0. The van der Waals surface area contributed by atoms with Gasteiger partial charge in [-0.25, -0.2) is 9.97 Å². The van der Waals surface area contributed by atoms with Crippen molar-refractivity contribution in [1.82, 2.24) is 9.97 Å². The number of hydrogen-bond acceptors (Lipinski definition) is 6. The summed E-state index contributed by atoms with van der Waals surface area (Å²) in [6.45, 7) is 2.28. The minimum atomic E-state index is -0.493. The van der Waals surface area contributed by atoms with Gasteiger partial charge in [0, 0.05) is 18.9 Å². The number of fused-ring (bicyclic) bond motifs is 3. The van der Waals surface area contributed by atoms with E-state index in [1.165, 1.54) is 0 Å². The van der Waals surface area contributed by atoms with Crippen molar-refractivity contribution in [3.63, 3.8) is 0 Å². The van der Waals surface area contributed by atoms with Gasteiger partial charge in [0.05, 0.1) is 17.9 Å². The van der Waals surface area contributed by atoms with Crippen LogP contribution in [0.3, 0.4) is 0 Å². The highest BCUT2D eigenvalue weighted by Crippen LogP contribution is 2.43. The van der Waals surface area contributed by atoms with Crippen LogP contribution >= 0.6 is 0 Å². The third-order valence-electron chi connectivity index (χ3n) is 4.10. The maximum absolute atomic E-state index is 6.16. The van der Waals surface area contributed by atoms with Gasteiger partial charge in [0.15, 0.2) is 12.6 Å². The van der Waals surface area contributed by atoms with Gasteiger partial charge in [-0.3, -0.25) is 0 Å². The lowest BCUT2D eigenvalue weighted by Crippen LogP contribution is -2.42. The first-order valence-corrected chi connectivity index (χ1v) is 7.60. The van der Waals surface area contributed by atoms with E-state index in [4.69, 9.17) is 18.9 Å². The monoisotopic (exact) mass is 314 g/mol. The summed E-state index contributed by atoms with van der Waals surface area (Å²) in [7, 11) is 1.60. The molecular weight excluding hydrogens is 296 g/mol. The van der Waals surface area contributed by atoms with Crippen molar-refractivity contribution in [3.8, 4) is 0 Å². The fourth-order valence-electron chi connectivity index (χ4n) is 2.99. The maximum Gasteiger partial charge on any atom is 0.187 e. The molecule has 0 saturated carbocycles. The Kier molecular flexibility index (Phi) is 3.82. The van der Waals surface area contributed by atoms with Crippen molar-refractivity contribution in [3.05, 3.63) is 59.2 Å². The Morgan fingerprint density at radius 2 is 2.00 bits per heavy atom. The summed E-state index contributed by atoms with van der Waals surface area (Å²) >= 11 is 0. The minimum Gasteiger partial charge on any atom is -0.352 e. The molecule has 6 heteroatoms. The number of hydrogen-bond donors (Lipinski definition) is 0. The molecule has 0 aliphatic carbocycles. The Hall–Kier alpha value is -1.86. The molecule has 0 spiro atoms. The van der Waals surface area contributed by atoms with Gasteiger partial charge in [0.2, 0.25) is 0 Å². The molecule has 23 heavy (non-hydrogen) atoms. The molecule has 1 aromatic carbocycles. The van der Waals surface area contributed by atoms with E-state index < -0.39 is 12.6 Å². The molecule has 0 N–H and O–H groups in total. The zero-order valence-electron chi connectivity index (χ0n) is 13.0. The summed E-state index contributed by atoms with van der Waals surface area (Å²) in [6.07, 6.45) is 0.285. The molecule has 120 valence electrons. The van der Waals surface area contributed by atoms with Crippen LogP contribution in [0.15, 0.2) is 36.5 Å². The Balaban J connectivity index is 1.68. The van der Waals surface area contributed by atoms with E-state index in [9.17, 15) is 0 Å². The van der Waals surface area contributed by atoms with Gasteiger partial charge in [-0.1, -0.05) is 30.3 Å². The molecule has 2 aliphatic heterocycles. The van der Waals surface area contributed by atoms with Gasteiger partial charge in [-0.2, -0.15) is 0 Å². The maximum atomic E-state index is 6.16. The number of methoxy groups -OCH3 is 1. The molecule has 2 aliphatic rings. The predicted molar refractivity (Wildman–Crippen MR) is 80.4 cm³/mol. The Bertz CT molecular complexity index is 694. The second-order valence-electron chi connectivity index (χ2n) is 5.63. The van der Waals surface area contributed by atoms with Crippen LogP contribution in [0.1, 0.15) is 41.3 Å². The molecule has 4 rings (SSSR count). The Labute approximate surface area is 134 Å². The third-order valence-corrected chi connectivity index (χ3v) is 4.10. The molecule has 0 unspecified atom stereocenters. The average Bonchev–Trinajstić information content (AvgIpc) is 2.61. The van der Waals surface area contributed by atoms with Gasteiger partial charge in [0.25, 0.3) is 0 Å². The fraction of sp³-hybridized carbons (Fsp3) is 0.412. The SMILES string of the molecule is CO[C@H]1O[C@@H]2CO[C@@H](c3ccccc3)O[C@H]2c2nc(C)ncc21. The molecule has 2 aromatic rings. The van der Waals surface area contributed by atoms with E-state index in [-0.39, 0.29) is 12.2 Å². The van der Waals surface area contributed by atoms with Gasteiger partial charge in [-0.05, 0) is 6.92 Å². The number of nitrogens with zero attached hydrogens (tertiary/aromatic N) is 2. The van der Waals surface area contributed by atoms with Crippen LogP contribution in [0.25, 0.3) is 0 Å². The van der Waals surface area contributed by atoms with Crippen LogP contribution in [0, 0.1) is 6.92 Å². The van der Waals surface area contributed by atoms with E-state index in [1.807, 2.05) is 37.3 Å². The summed E-state index contributed by atoms with van der Waals surface area (Å²) in [5.41, 5.74) is 2.62. The zero-order chi connectivity index (χ0) is 15.8. The molecule has 3 heterocycles. The van der Waals surface area contributed by atoms with Crippen LogP contribution in [0.4, 0.5) is 0 Å². The van der Waals surface area contributed by atoms with Gasteiger partial charge in [-0.15, -0.1) is 0 Å². The van der Waals surface area contributed by atoms with Gasteiger partial charge < -0.3 is 18.9 Å². The Morgan fingerprint density at radius 1 is 1.17 bits per heavy atom. The van der Waals surface area contributed by atoms with Crippen LogP contribution in [-0.2, 0) is 18.9 Å². The van der Waals surface area contributed by atoms with E-state index >= 15 is 0 Å². The van der Waals surface area contributed by atoms with E-state index in [2.05, 4.69) is 9.97 Å². The molecule has 1 fully saturated rings. The topological polar surface area (TPSA) is 62.7 Å². The van der Waals surface area contributed by atoms with Gasteiger partial charge >= 0.3 is 0 Å². The largest absolute Gasteiger partial charge is 0.352 e. The normalized spacial score (nSPS) is 29.7. The minimum absolute atomic E-state index is 0.248. The number of aromatic nitrogens is 2. The van der Waals surface area contributed by atoms with Crippen molar-refractivity contribution < 1.29 is 18.9 Å². The molecular formula is C17H18N2O4. The highest BCUT2D eigenvalue weighted by molar-refractivity contribution is 5.26. The molecule has 0 bridgehead atoms. The van der Waals surface area contributed by atoms with Crippen LogP contribution in [-0.4, -0.2) is 29.8 Å². The first-order chi connectivity index (χ1) is 11.3. The second-order valence-corrected chi connectivity index (χ2v) is 5.63. The number of benzene rings is 1. The molecule has 0 amide bonds. The van der Waals surface area contributed by atoms with Crippen molar-refractivity contribution >= 4 is 0 Å². The zero-order valence-corrected chi connectivity index (χ0v) is 13.0. The third kappa shape index (κ3) is 2.64. The van der Waals surface area contributed by atoms with Crippen molar-refractivity contribution in [1.29, 1.82) is 0 Å². The smallest absolute Gasteiger partial charge is 0.187 e. The highest BCUT2D eigenvalue weighted by Gasteiger charge is 2.43. The fourth-order valence-corrected chi connectivity index (χ4v) is 2.99. The predicted octanol–water partition coefficient (Wildman–Crippen LogP) is 2.62. The van der Waals surface area contributed by atoms with Crippen LogP contribution < -0.4 is 0 Å². The average molecular weight is 314 g/mol. The first kappa shape index (κ1) is 14.7. The van der Waals surface area contributed by atoms with E-state index in [1.54, 1.807) is 13.3 Å². The summed E-state index contributed by atoms with van der Waals surface area (Å²) < 4.78 is 23.3. The summed E-state index contributed by atoms with van der Waals surface area (Å²) in [5.74, 6) is 0.700. The molecule has 6 nitrogen and oxygen atoms in total. The standard InChI is InChI=1S/C17H18N2O4/c1-10-18-8-12-14(19-10)15-13(22-17(12)20-2)9-21-16(23-15)11-6-4-3-5-7-11/h3-8,13,15-17H,9H2,1-2H3/t13-,15-,16-,17+/m1/s1. The first-order valence-electron chi connectivity index (χ1n) is 7.60. The van der Waals surface area contributed by atoms with E-state index in [0.29, 0.717) is 12.4 Å². The highest BCUT2D eigenvalue weighted by atomic mass is 16.7. The molecule has 1 aromatic heterocycles. The molecule has 0 radical (unpaired) electrons. The Morgan fingerprint density at radius 3 is 2.78 bits per heavy atom. The lowest BCUT2D eigenvalue weighted by molar-refractivity contribution is -0.307. The summed E-state index contributed by atoms with van der Waals surface area (Å²) in [4.78, 5) is 8.82. The number of ether oxygens (including phenoxy) is 4. The van der Waals surface area contributed by atoms with Crippen LogP contribution in [0.5, 0.6) is 0 Å². The van der Waals surface area contributed by atoms with Crippen LogP contribution in [0.2, 0.25) is 0 Å². The summed E-state index contributed by atoms with van der Waals surface area (Å²) in [6, 6.07) is 9.87. The second kappa shape index (κ2) is 5.98. The molecule has 4 atom stereocenters. The molecule has 1 saturated heterocycles. The van der Waals surface area contributed by atoms with Crippen molar-refractivity contribution in [2.75, 3.05) is 13.7 Å². The van der Waals surface area contributed by atoms with E-state index in [0.717, 1.165) is 16.8 Å². The lowest BCUT2D eigenvalue weighted by Gasteiger charge is -2.41. The lowest BCUT2D eigenvalue weighted by atomic mass is 10.0. The van der Waals surface area contributed by atoms with Gasteiger partial charge in [0.1, 0.15) is 18.0 Å².